The molecule has 1 unspecified atom stereocenters. The van der Waals surface area contributed by atoms with Crippen LogP contribution in [0.2, 0.25) is 0 Å². The zero-order valence-corrected chi connectivity index (χ0v) is 19.4. The second kappa shape index (κ2) is 10.7. The van der Waals surface area contributed by atoms with Crippen LogP contribution in [0.25, 0.3) is 6.08 Å². The number of rotatable bonds is 8. The van der Waals surface area contributed by atoms with E-state index in [4.69, 9.17) is 14.2 Å². The quantitative estimate of drug-likeness (QED) is 0.291. The molecule has 0 aliphatic carbocycles. The molecule has 35 heavy (non-hydrogen) atoms. The molecule has 0 spiro atoms. The van der Waals surface area contributed by atoms with Crippen molar-refractivity contribution in [1.82, 2.24) is 0 Å². The van der Waals surface area contributed by atoms with Crippen LogP contribution in [0, 0.1) is 0 Å². The molecule has 0 aromatic heterocycles. The van der Waals surface area contributed by atoms with E-state index in [2.05, 4.69) is 5.32 Å². The first-order chi connectivity index (χ1) is 16.9. The molecule has 0 bridgehead atoms. The predicted octanol–water partition coefficient (Wildman–Crippen LogP) is 4.71. The monoisotopic (exact) mass is 471 g/mol. The van der Waals surface area contributed by atoms with Gasteiger partial charge in [-0.3, -0.25) is 9.59 Å². The lowest BCUT2D eigenvalue weighted by Gasteiger charge is -2.08. The number of esters is 1. The van der Waals surface area contributed by atoms with E-state index in [0.29, 0.717) is 28.1 Å². The van der Waals surface area contributed by atoms with E-state index in [1.54, 1.807) is 61.7 Å². The van der Waals surface area contributed by atoms with Crippen molar-refractivity contribution in [1.29, 1.82) is 0 Å². The van der Waals surface area contributed by atoms with E-state index in [1.807, 2.05) is 25.1 Å². The number of amides is 1. The summed E-state index contributed by atoms with van der Waals surface area (Å²) in [6.45, 7) is 1.59. The number of carbonyl (C=O) groups is 3. The Morgan fingerprint density at radius 1 is 1.03 bits per heavy atom. The van der Waals surface area contributed by atoms with E-state index in [0.717, 1.165) is 17.7 Å². The molecule has 0 saturated heterocycles. The van der Waals surface area contributed by atoms with Crippen molar-refractivity contribution < 1.29 is 28.6 Å². The van der Waals surface area contributed by atoms with E-state index < -0.39 is 12.6 Å². The summed E-state index contributed by atoms with van der Waals surface area (Å²) in [6.07, 6.45) is 3.72. The van der Waals surface area contributed by atoms with Crippen LogP contribution < -0.4 is 14.8 Å². The van der Waals surface area contributed by atoms with Gasteiger partial charge in [-0.2, -0.15) is 0 Å². The van der Waals surface area contributed by atoms with Gasteiger partial charge in [0, 0.05) is 40.4 Å². The molecule has 0 saturated carbocycles. The van der Waals surface area contributed by atoms with Crippen LogP contribution in [0.4, 0.5) is 5.69 Å². The summed E-state index contributed by atoms with van der Waals surface area (Å²) in [5.74, 6) is 0.143. The summed E-state index contributed by atoms with van der Waals surface area (Å²) in [5.41, 5.74) is 3.19. The summed E-state index contributed by atoms with van der Waals surface area (Å²) in [6, 6.07) is 18.9. The number of carbonyl (C=O) groups excluding carboxylic acids is 3. The summed E-state index contributed by atoms with van der Waals surface area (Å²) < 4.78 is 16.3. The molecule has 1 aliphatic rings. The number of hydrogen-bond donors (Lipinski definition) is 1. The van der Waals surface area contributed by atoms with E-state index in [9.17, 15) is 14.4 Å². The maximum absolute atomic E-state index is 12.4. The lowest BCUT2D eigenvalue weighted by molar-refractivity contribution is -0.136. The highest BCUT2D eigenvalue weighted by Gasteiger charge is 2.21. The smallest absolute Gasteiger partial charge is 0.331 e. The van der Waals surface area contributed by atoms with Crippen molar-refractivity contribution in [2.45, 2.75) is 19.4 Å². The van der Waals surface area contributed by atoms with E-state index in [-0.39, 0.29) is 17.8 Å². The van der Waals surface area contributed by atoms with Crippen LogP contribution >= 0.6 is 0 Å². The fourth-order valence-corrected chi connectivity index (χ4v) is 3.72. The first-order valence-electron chi connectivity index (χ1n) is 11.1. The lowest BCUT2D eigenvalue weighted by Crippen LogP contribution is -2.13. The van der Waals surface area contributed by atoms with Crippen molar-refractivity contribution in [3.63, 3.8) is 0 Å². The Kier molecular flexibility index (Phi) is 7.26. The molecule has 7 nitrogen and oxygen atoms in total. The molecular formula is C28H25NO6. The van der Waals surface area contributed by atoms with Crippen LogP contribution in [0.15, 0.2) is 72.8 Å². The molecule has 1 atom stereocenters. The first-order valence-corrected chi connectivity index (χ1v) is 11.1. The van der Waals surface area contributed by atoms with Crippen LogP contribution in [0.5, 0.6) is 11.5 Å². The zero-order chi connectivity index (χ0) is 24.8. The van der Waals surface area contributed by atoms with Gasteiger partial charge in [0.15, 0.2) is 12.4 Å². The molecule has 0 fully saturated rings. The maximum Gasteiger partial charge on any atom is 0.331 e. The minimum atomic E-state index is -0.651. The third-order valence-electron chi connectivity index (χ3n) is 5.49. The number of Topliss-reactive ketones (excluding diaryl/α,β-unsaturated/α-hetero) is 1. The fraction of sp³-hybridized carbons (Fsp3) is 0.179. The van der Waals surface area contributed by atoms with Crippen LogP contribution in [0.3, 0.4) is 0 Å². The zero-order valence-electron chi connectivity index (χ0n) is 19.4. The van der Waals surface area contributed by atoms with Crippen LogP contribution in [0.1, 0.15) is 38.8 Å². The van der Waals surface area contributed by atoms with Gasteiger partial charge in [-0.25, -0.2) is 4.79 Å². The number of anilines is 1. The SMILES string of the molecule is COc1cc2c(cc1C=CC(=O)OCC(=O)c1ccc(NC(=O)c3ccccc3)cc1)OC(C)C2. The standard InChI is InChI=1S/C28H25NO6/c1-18-14-22-16-25(33-2)21(15-26(22)35-18)10-13-27(31)34-17-24(30)19-8-11-23(12-9-19)29-28(32)20-6-4-3-5-7-20/h3-13,15-16,18H,14,17H2,1-2H3,(H,29,32). The average Bonchev–Trinajstić information content (AvgIpc) is 3.25. The predicted molar refractivity (Wildman–Crippen MR) is 132 cm³/mol. The van der Waals surface area contributed by atoms with Crippen molar-refractivity contribution in [3.05, 3.63) is 95.1 Å². The minimum Gasteiger partial charge on any atom is -0.496 e. The van der Waals surface area contributed by atoms with Crippen LogP contribution in [-0.4, -0.2) is 37.5 Å². The van der Waals surface area contributed by atoms with Crippen molar-refractivity contribution in [2.24, 2.45) is 0 Å². The molecule has 1 N–H and O–H groups in total. The molecule has 0 radical (unpaired) electrons. The van der Waals surface area contributed by atoms with Gasteiger partial charge < -0.3 is 19.5 Å². The topological polar surface area (TPSA) is 90.9 Å². The Bertz CT molecular complexity index is 1260. The van der Waals surface area contributed by atoms with Crippen molar-refractivity contribution >= 4 is 29.4 Å². The third-order valence-corrected chi connectivity index (χ3v) is 5.49. The summed E-state index contributed by atoms with van der Waals surface area (Å²) in [5, 5.41) is 2.77. The lowest BCUT2D eigenvalue weighted by atomic mass is 10.1. The number of fused-ring (bicyclic) bond motifs is 1. The number of hydrogen-bond acceptors (Lipinski definition) is 6. The maximum atomic E-state index is 12.4. The highest BCUT2D eigenvalue weighted by molar-refractivity contribution is 6.04. The summed E-state index contributed by atoms with van der Waals surface area (Å²) >= 11 is 0. The van der Waals surface area contributed by atoms with Gasteiger partial charge in [-0.05, 0) is 61.5 Å². The molecular weight excluding hydrogens is 446 g/mol. The van der Waals surface area contributed by atoms with Gasteiger partial charge in [0.25, 0.3) is 5.91 Å². The Morgan fingerprint density at radius 2 is 1.77 bits per heavy atom. The molecule has 1 heterocycles. The molecule has 178 valence electrons. The van der Waals surface area contributed by atoms with Crippen molar-refractivity contribution in [3.8, 4) is 11.5 Å². The normalized spacial score (nSPS) is 14.2. The summed E-state index contributed by atoms with van der Waals surface area (Å²) in [7, 11) is 1.56. The van der Waals surface area contributed by atoms with Gasteiger partial charge >= 0.3 is 5.97 Å². The number of ketones is 1. The van der Waals surface area contributed by atoms with E-state index in [1.165, 1.54) is 6.08 Å². The van der Waals surface area contributed by atoms with Gasteiger partial charge in [0.1, 0.15) is 17.6 Å². The van der Waals surface area contributed by atoms with E-state index >= 15 is 0 Å². The van der Waals surface area contributed by atoms with Crippen molar-refractivity contribution in [2.75, 3.05) is 19.0 Å². The molecule has 3 aromatic rings. The fourth-order valence-electron chi connectivity index (χ4n) is 3.72. The second-order valence-corrected chi connectivity index (χ2v) is 8.10. The molecule has 3 aromatic carbocycles. The number of nitrogens with one attached hydrogen (secondary N) is 1. The van der Waals surface area contributed by atoms with Gasteiger partial charge in [0.05, 0.1) is 7.11 Å². The summed E-state index contributed by atoms with van der Waals surface area (Å²) in [4.78, 5) is 36.8. The van der Waals surface area contributed by atoms with Gasteiger partial charge in [-0.1, -0.05) is 18.2 Å². The first kappa shape index (κ1) is 23.8. The van der Waals surface area contributed by atoms with Gasteiger partial charge in [-0.15, -0.1) is 0 Å². The molecule has 1 aliphatic heterocycles. The Hall–Kier alpha value is -4.39. The Balaban J connectivity index is 1.31. The largest absolute Gasteiger partial charge is 0.496 e. The average molecular weight is 472 g/mol. The minimum absolute atomic E-state index is 0.0964. The van der Waals surface area contributed by atoms with Gasteiger partial charge in [0.2, 0.25) is 0 Å². The second-order valence-electron chi connectivity index (χ2n) is 8.10. The number of methoxy groups -OCH3 is 1. The molecule has 1 amide bonds. The number of benzene rings is 3. The molecule has 4 rings (SSSR count). The highest BCUT2D eigenvalue weighted by Crippen LogP contribution is 2.35. The third kappa shape index (κ3) is 5.95. The molecule has 7 heteroatoms. The number of ether oxygens (including phenoxy) is 3. The Labute approximate surface area is 203 Å². The Morgan fingerprint density at radius 3 is 2.49 bits per heavy atom. The highest BCUT2D eigenvalue weighted by atomic mass is 16.5. The van der Waals surface area contributed by atoms with Crippen LogP contribution in [-0.2, 0) is 16.0 Å².